The average molecular weight is 262 g/mol. The van der Waals surface area contributed by atoms with Crippen molar-refractivity contribution in [2.24, 2.45) is 11.8 Å². The van der Waals surface area contributed by atoms with E-state index in [1.165, 1.54) is 19.3 Å². The molecule has 0 saturated heterocycles. The molecule has 1 aliphatic rings. The summed E-state index contributed by atoms with van der Waals surface area (Å²) in [6.45, 7) is 8.90. The Balaban J connectivity index is 2.10. The van der Waals surface area contributed by atoms with Crippen LogP contribution in [0.25, 0.3) is 0 Å². The van der Waals surface area contributed by atoms with E-state index < -0.39 is 0 Å². The topological polar surface area (TPSA) is 50.7 Å². The van der Waals surface area contributed by atoms with Crippen LogP contribution in [-0.2, 0) is 12.8 Å². The van der Waals surface area contributed by atoms with Crippen LogP contribution in [-0.4, -0.2) is 21.2 Å². The van der Waals surface area contributed by atoms with Gasteiger partial charge in [-0.1, -0.05) is 40.5 Å². The predicted molar refractivity (Wildman–Crippen MR) is 78.2 cm³/mol. The normalized spacial score (nSPS) is 27.3. The van der Waals surface area contributed by atoms with Crippen molar-refractivity contribution in [2.45, 2.75) is 65.8 Å². The highest BCUT2D eigenvalue weighted by molar-refractivity contribution is 5.27. The fourth-order valence-corrected chi connectivity index (χ4v) is 2.95. The van der Waals surface area contributed by atoms with Gasteiger partial charge in [0.15, 0.2) is 0 Å². The van der Waals surface area contributed by atoms with E-state index in [0.717, 1.165) is 30.1 Å². The molecule has 1 aromatic heterocycles. The molecule has 1 aromatic rings. The van der Waals surface area contributed by atoms with Crippen molar-refractivity contribution < 1.29 is 0 Å². The molecule has 106 valence electrons. The number of hydrogen-bond donors (Lipinski definition) is 1. The standard InChI is InChI=1S/C15H26N4/c1-5-12-13(6-2)18-19-15(16-12)17-14-9-7-8-10(3)11(14)4/h10-11,14H,5-9H2,1-4H3,(H,16,17,19). The Labute approximate surface area is 116 Å². The lowest BCUT2D eigenvalue weighted by atomic mass is 9.78. The van der Waals surface area contributed by atoms with Gasteiger partial charge in [-0.25, -0.2) is 4.98 Å². The third-order valence-electron chi connectivity index (χ3n) is 4.53. The number of nitrogens with one attached hydrogen (secondary N) is 1. The molecule has 1 aliphatic carbocycles. The fourth-order valence-electron chi connectivity index (χ4n) is 2.95. The van der Waals surface area contributed by atoms with E-state index in [1.807, 2.05) is 0 Å². The zero-order valence-electron chi connectivity index (χ0n) is 12.6. The van der Waals surface area contributed by atoms with Crippen LogP contribution >= 0.6 is 0 Å². The molecular weight excluding hydrogens is 236 g/mol. The second-order valence-electron chi connectivity index (χ2n) is 5.75. The van der Waals surface area contributed by atoms with E-state index >= 15 is 0 Å². The number of anilines is 1. The van der Waals surface area contributed by atoms with Gasteiger partial charge in [0.05, 0.1) is 11.4 Å². The molecule has 0 radical (unpaired) electrons. The summed E-state index contributed by atoms with van der Waals surface area (Å²) in [5.74, 6) is 2.16. The van der Waals surface area contributed by atoms with Gasteiger partial charge in [0.1, 0.15) is 0 Å². The second kappa shape index (κ2) is 6.31. The zero-order valence-corrected chi connectivity index (χ0v) is 12.6. The van der Waals surface area contributed by atoms with Crippen molar-refractivity contribution in [2.75, 3.05) is 5.32 Å². The van der Waals surface area contributed by atoms with Gasteiger partial charge in [-0.2, -0.15) is 5.10 Å². The van der Waals surface area contributed by atoms with Crippen LogP contribution in [0.15, 0.2) is 0 Å². The minimum Gasteiger partial charge on any atom is -0.350 e. The van der Waals surface area contributed by atoms with E-state index in [-0.39, 0.29) is 0 Å². The Morgan fingerprint density at radius 2 is 1.79 bits per heavy atom. The zero-order chi connectivity index (χ0) is 13.8. The third kappa shape index (κ3) is 3.23. The lowest BCUT2D eigenvalue weighted by Crippen LogP contribution is -2.35. The van der Waals surface area contributed by atoms with Gasteiger partial charge in [0.25, 0.3) is 0 Å². The first kappa shape index (κ1) is 14.2. The summed E-state index contributed by atoms with van der Waals surface area (Å²) in [5, 5.41) is 12.0. The van der Waals surface area contributed by atoms with Crippen LogP contribution in [0.1, 0.15) is 58.3 Å². The van der Waals surface area contributed by atoms with Crippen LogP contribution < -0.4 is 5.32 Å². The molecule has 4 heteroatoms. The average Bonchev–Trinajstić information content (AvgIpc) is 2.43. The largest absolute Gasteiger partial charge is 0.350 e. The number of nitrogens with zero attached hydrogens (tertiary/aromatic N) is 3. The van der Waals surface area contributed by atoms with Crippen molar-refractivity contribution in [1.82, 2.24) is 15.2 Å². The van der Waals surface area contributed by atoms with E-state index in [9.17, 15) is 0 Å². The minimum atomic E-state index is 0.489. The van der Waals surface area contributed by atoms with Gasteiger partial charge in [-0.3, -0.25) is 0 Å². The Morgan fingerprint density at radius 3 is 2.47 bits per heavy atom. The highest BCUT2D eigenvalue weighted by atomic mass is 15.2. The first-order valence-electron chi connectivity index (χ1n) is 7.64. The summed E-state index contributed by atoms with van der Waals surface area (Å²) in [4.78, 5) is 4.63. The lowest BCUT2D eigenvalue weighted by molar-refractivity contribution is 0.252. The highest BCUT2D eigenvalue weighted by Crippen LogP contribution is 2.30. The molecule has 19 heavy (non-hydrogen) atoms. The Hall–Kier alpha value is -1.19. The summed E-state index contributed by atoms with van der Waals surface area (Å²) in [6, 6.07) is 0.489. The first-order valence-corrected chi connectivity index (χ1v) is 7.64. The van der Waals surface area contributed by atoms with E-state index in [2.05, 4.69) is 48.2 Å². The Bertz CT molecular complexity index is 419. The maximum absolute atomic E-state index is 4.63. The molecule has 1 heterocycles. The van der Waals surface area contributed by atoms with E-state index in [0.29, 0.717) is 17.9 Å². The van der Waals surface area contributed by atoms with Crippen LogP contribution in [0.5, 0.6) is 0 Å². The maximum Gasteiger partial charge on any atom is 0.243 e. The lowest BCUT2D eigenvalue weighted by Gasteiger charge is -2.34. The number of rotatable bonds is 4. The number of aromatic nitrogens is 3. The second-order valence-corrected chi connectivity index (χ2v) is 5.75. The van der Waals surface area contributed by atoms with E-state index in [4.69, 9.17) is 0 Å². The van der Waals surface area contributed by atoms with Crippen molar-refractivity contribution >= 4 is 5.95 Å². The molecule has 4 nitrogen and oxygen atoms in total. The van der Waals surface area contributed by atoms with E-state index in [1.54, 1.807) is 0 Å². The molecule has 1 fully saturated rings. The van der Waals surface area contributed by atoms with Crippen LogP contribution in [0.2, 0.25) is 0 Å². The molecule has 3 unspecified atom stereocenters. The summed E-state index contributed by atoms with van der Waals surface area (Å²) >= 11 is 0. The summed E-state index contributed by atoms with van der Waals surface area (Å²) < 4.78 is 0. The summed E-state index contributed by atoms with van der Waals surface area (Å²) in [5.41, 5.74) is 2.11. The summed E-state index contributed by atoms with van der Waals surface area (Å²) in [6.07, 6.45) is 5.67. The first-order chi connectivity index (χ1) is 9.15. The molecule has 0 aliphatic heterocycles. The minimum absolute atomic E-state index is 0.489. The van der Waals surface area contributed by atoms with Crippen LogP contribution in [0, 0.1) is 11.8 Å². The van der Waals surface area contributed by atoms with Gasteiger partial charge < -0.3 is 5.32 Å². The molecule has 0 aromatic carbocycles. The maximum atomic E-state index is 4.63. The van der Waals surface area contributed by atoms with Gasteiger partial charge in [-0.05, 0) is 31.1 Å². The predicted octanol–water partition coefficient (Wildman–Crippen LogP) is 3.23. The van der Waals surface area contributed by atoms with Crippen molar-refractivity contribution in [1.29, 1.82) is 0 Å². The third-order valence-corrected chi connectivity index (χ3v) is 4.53. The Morgan fingerprint density at radius 1 is 1.05 bits per heavy atom. The molecule has 2 rings (SSSR count). The summed E-state index contributed by atoms with van der Waals surface area (Å²) in [7, 11) is 0. The molecule has 0 bridgehead atoms. The molecule has 0 spiro atoms. The highest BCUT2D eigenvalue weighted by Gasteiger charge is 2.27. The molecule has 1 N–H and O–H groups in total. The van der Waals surface area contributed by atoms with Gasteiger partial charge in [0, 0.05) is 6.04 Å². The number of hydrogen-bond acceptors (Lipinski definition) is 4. The fraction of sp³-hybridized carbons (Fsp3) is 0.800. The molecule has 3 atom stereocenters. The molecule has 1 saturated carbocycles. The van der Waals surface area contributed by atoms with Crippen molar-refractivity contribution in [3.8, 4) is 0 Å². The Kier molecular flexibility index (Phi) is 4.72. The quantitative estimate of drug-likeness (QED) is 0.905. The van der Waals surface area contributed by atoms with Crippen LogP contribution in [0.3, 0.4) is 0 Å². The van der Waals surface area contributed by atoms with Gasteiger partial charge in [-0.15, -0.1) is 5.10 Å². The van der Waals surface area contributed by atoms with Gasteiger partial charge >= 0.3 is 0 Å². The van der Waals surface area contributed by atoms with Crippen LogP contribution in [0.4, 0.5) is 5.95 Å². The van der Waals surface area contributed by atoms with Gasteiger partial charge in [0.2, 0.25) is 5.95 Å². The molecular formula is C15H26N4. The van der Waals surface area contributed by atoms with Crippen molar-refractivity contribution in [3.05, 3.63) is 11.4 Å². The monoisotopic (exact) mass is 262 g/mol. The van der Waals surface area contributed by atoms with Crippen molar-refractivity contribution in [3.63, 3.8) is 0 Å². The number of aryl methyl sites for hydroxylation is 2. The SMILES string of the molecule is CCc1nnc(NC2CCCC(C)C2C)nc1CC. The smallest absolute Gasteiger partial charge is 0.243 e. The molecule has 0 amide bonds.